The molecule has 0 spiro atoms. The van der Waals surface area contributed by atoms with Crippen molar-refractivity contribution in [3.8, 4) is 11.5 Å². The average molecular weight is 561 g/mol. The van der Waals surface area contributed by atoms with Crippen LogP contribution in [0.25, 0.3) is 0 Å². The fraction of sp³-hybridized carbons (Fsp3) is 0.600. The van der Waals surface area contributed by atoms with E-state index in [9.17, 15) is 5.11 Å². The van der Waals surface area contributed by atoms with Crippen LogP contribution < -0.4 is 26.5 Å². The van der Waals surface area contributed by atoms with E-state index in [2.05, 4.69) is 12.1 Å². The topological polar surface area (TPSA) is 47.9 Å². The van der Waals surface area contributed by atoms with Gasteiger partial charge in [0.05, 0.1) is 40.0 Å². The van der Waals surface area contributed by atoms with Crippen LogP contribution in [-0.2, 0) is 10.3 Å². The molecular formula is C30H42BrNO4. The highest BCUT2D eigenvalue weighted by molar-refractivity contribution is 5.31. The van der Waals surface area contributed by atoms with E-state index in [1.807, 2.05) is 42.5 Å². The standard InChI is InChI=1S/C30H42NO4.BrH/c1-33-27-12-14-28(15-13-27)34-21-7-18-31-19-16-24(17-20-31)29(22-31)35-23-30(32,26-10-5-6-11-26)25-8-3-2-4-9-25;/h2-4,8-9,12-15,24,26,29,32H,5-7,10-11,16-23H2,1H3;1H/q+1;/p-1. The van der Waals surface area contributed by atoms with Crippen molar-refractivity contribution in [2.75, 3.05) is 46.5 Å². The van der Waals surface area contributed by atoms with Crippen LogP contribution in [0.1, 0.15) is 50.5 Å². The molecular weight excluding hydrogens is 518 g/mol. The van der Waals surface area contributed by atoms with Gasteiger partial charge in [0, 0.05) is 25.2 Å². The number of ether oxygens (including phenoxy) is 3. The molecule has 5 nitrogen and oxygen atoms in total. The SMILES string of the molecule is COc1ccc(OCCC[N+]23CCC(CC2)C(OCC(O)(c2ccccc2)C2CCCC2)C3)cc1.[Br-]. The minimum absolute atomic E-state index is 0. The van der Waals surface area contributed by atoms with Crippen LogP contribution in [0.2, 0.25) is 0 Å². The van der Waals surface area contributed by atoms with Gasteiger partial charge in [-0.05, 0) is 48.6 Å². The molecule has 36 heavy (non-hydrogen) atoms. The predicted octanol–water partition coefficient (Wildman–Crippen LogP) is 2.17. The third-order valence-corrected chi connectivity index (χ3v) is 8.97. The van der Waals surface area contributed by atoms with Gasteiger partial charge in [0.1, 0.15) is 29.7 Å². The first-order chi connectivity index (χ1) is 17.1. The van der Waals surface area contributed by atoms with E-state index in [0.29, 0.717) is 18.4 Å². The monoisotopic (exact) mass is 559 g/mol. The van der Waals surface area contributed by atoms with Crippen LogP contribution in [-0.4, -0.2) is 62.2 Å². The van der Waals surface area contributed by atoms with E-state index >= 15 is 0 Å². The van der Waals surface area contributed by atoms with E-state index in [1.54, 1.807) is 7.11 Å². The molecule has 2 atom stereocenters. The number of hydrogen-bond acceptors (Lipinski definition) is 4. The lowest BCUT2D eigenvalue weighted by Crippen LogP contribution is -3.00. The minimum Gasteiger partial charge on any atom is -1.00 e. The third kappa shape index (κ3) is 6.09. The fourth-order valence-corrected chi connectivity index (χ4v) is 6.79. The Morgan fingerprint density at radius 1 is 0.917 bits per heavy atom. The summed E-state index contributed by atoms with van der Waals surface area (Å²) in [5, 5.41) is 11.9. The zero-order chi connectivity index (χ0) is 24.1. The van der Waals surface area contributed by atoms with E-state index in [1.165, 1.54) is 38.8 Å². The second kappa shape index (κ2) is 12.3. The summed E-state index contributed by atoms with van der Waals surface area (Å²) in [7, 11) is 1.68. The Bertz CT molecular complexity index is 926. The summed E-state index contributed by atoms with van der Waals surface area (Å²) in [5.74, 6) is 2.68. The van der Waals surface area contributed by atoms with Gasteiger partial charge in [-0.25, -0.2) is 0 Å². The van der Waals surface area contributed by atoms with E-state index < -0.39 is 5.60 Å². The third-order valence-electron chi connectivity index (χ3n) is 8.97. The van der Waals surface area contributed by atoms with Crippen molar-refractivity contribution in [3.63, 3.8) is 0 Å². The molecule has 0 amide bonds. The fourth-order valence-electron chi connectivity index (χ4n) is 6.79. The Hall–Kier alpha value is -1.60. The Morgan fingerprint density at radius 2 is 1.58 bits per heavy atom. The maximum absolute atomic E-state index is 11.9. The normalized spacial score (nSPS) is 27.3. The number of fused-ring (bicyclic) bond motifs is 3. The largest absolute Gasteiger partial charge is 1.00 e. The molecule has 0 aromatic heterocycles. The Kier molecular flexibility index (Phi) is 9.37. The summed E-state index contributed by atoms with van der Waals surface area (Å²) in [6.07, 6.45) is 8.37. The molecule has 1 aliphatic carbocycles. The lowest BCUT2D eigenvalue weighted by molar-refractivity contribution is -0.946. The lowest BCUT2D eigenvalue weighted by Gasteiger charge is -2.53. The number of aliphatic hydroxyl groups is 1. The molecule has 3 saturated heterocycles. The molecule has 198 valence electrons. The van der Waals surface area contributed by atoms with Crippen molar-refractivity contribution in [2.45, 2.75) is 56.7 Å². The Labute approximate surface area is 227 Å². The zero-order valence-corrected chi connectivity index (χ0v) is 23.2. The summed E-state index contributed by atoms with van der Waals surface area (Å²) in [4.78, 5) is 0. The predicted molar refractivity (Wildman–Crippen MR) is 138 cm³/mol. The number of methoxy groups -OCH3 is 1. The average Bonchev–Trinajstić information content (AvgIpc) is 3.47. The van der Waals surface area contributed by atoms with E-state index in [4.69, 9.17) is 14.2 Å². The number of quaternary nitrogens is 1. The number of nitrogens with zero attached hydrogens (tertiary/aromatic N) is 1. The Balaban J connectivity index is 0.00000304. The van der Waals surface area contributed by atoms with Gasteiger partial charge in [-0.3, -0.25) is 0 Å². The Morgan fingerprint density at radius 3 is 2.25 bits per heavy atom. The first kappa shape index (κ1) is 27.4. The van der Waals surface area contributed by atoms with Crippen LogP contribution in [0, 0.1) is 11.8 Å². The molecule has 3 heterocycles. The summed E-state index contributed by atoms with van der Waals surface area (Å²) >= 11 is 0. The maximum atomic E-state index is 11.9. The van der Waals surface area contributed by atoms with Crippen LogP contribution >= 0.6 is 0 Å². The van der Waals surface area contributed by atoms with Crippen molar-refractivity contribution >= 4 is 0 Å². The van der Waals surface area contributed by atoms with Gasteiger partial charge in [0.15, 0.2) is 0 Å². The minimum atomic E-state index is -0.874. The highest BCUT2D eigenvalue weighted by Crippen LogP contribution is 2.42. The summed E-state index contributed by atoms with van der Waals surface area (Å²) in [6.45, 7) is 5.86. The molecule has 2 bridgehead atoms. The maximum Gasteiger partial charge on any atom is 0.119 e. The summed E-state index contributed by atoms with van der Waals surface area (Å²) < 4.78 is 19.0. The molecule has 0 radical (unpaired) electrons. The first-order valence-electron chi connectivity index (χ1n) is 13.6. The van der Waals surface area contributed by atoms with Crippen molar-refractivity contribution in [1.29, 1.82) is 0 Å². The van der Waals surface area contributed by atoms with E-state index in [-0.39, 0.29) is 23.1 Å². The number of hydrogen-bond donors (Lipinski definition) is 1. The van der Waals surface area contributed by atoms with Gasteiger partial charge in [-0.15, -0.1) is 0 Å². The van der Waals surface area contributed by atoms with Crippen molar-refractivity contribution in [2.24, 2.45) is 11.8 Å². The molecule has 1 saturated carbocycles. The summed E-state index contributed by atoms with van der Waals surface area (Å²) in [5.41, 5.74) is 0.147. The van der Waals surface area contributed by atoms with Gasteiger partial charge < -0.3 is 40.8 Å². The van der Waals surface area contributed by atoms with Crippen LogP contribution in [0.3, 0.4) is 0 Å². The molecule has 2 aromatic rings. The second-order valence-electron chi connectivity index (χ2n) is 11.0. The molecule has 6 rings (SSSR count). The second-order valence-corrected chi connectivity index (χ2v) is 11.0. The van der Waals surface area contributed by atoms with Gasteiger partial charge >= 0.3 is 0 Å². The highest BCUT2D eigenvalue weighted by atomic mass is 79.9. The van der Waals surface area contributed by atoms with Gasteiger partial charge in [0.2, 0.25) is 0 Å². The van der Waals surface area contributed by atoms with Crippen molar-refractivity contribution in [1.82, 2.24) is 0 Å². The van der Waals surface area contributed by atoms with Crippen molar-refractivity contribution < 1.29 is 40.8 Å². The molecule has 2 aromatic carbocycles. The van der Waals surface area contributed by atoms with Crippen LogP contribution in [0.4, 0.5) is 0 Å². The zero-order valence-electron chi connectivity index (χ0n) is 21.6. The molecule has 4 fully saturated rings. The first-order valence-corrected chi connectivity index (χ1v) is 13.6. The van der Waals surface area contributed by atoms with Crippen LogP contribution in [0.5, 0.6) is 11.5 Å². The van der Waals surface area contributed by atoms with Gasteiger partial charge in [-0.1, -0.05) is 43.2 Å². The lowest BCUT2D eigenvalue weighted by atomic mass is 9.80. The van der Waals surface area contributed by atoms with Crippen LogP contribution in [0.15, 0.2) is 54.6 Å². The molecule has 3 aliphatic heterocycles. The quantitative estimate of drug-likeness (QED) is 0.338. The molecule has 2 unspecified atom stereocenters. The molecule has 1 N–H and O–H groups in total. The number of halogens is 1. The number of benzene rings is 2. The van der Waals surface area contributed by atoms with Gasteiger partial charge in [-0.2, -0.15) is 0 Å². The highest BCUT2D eigenvalue weighted by Gasteiger charge is 2.48. The summed E-state index contributed by atoms with van der Waals surface area (Å²) in [6, 6.07) is 18.1. The van der Waals surface area contributed by atoms with Gasteiger partial charge in [0.25, 0.3) is 0 Å². The van der Waals surface area contributed by atoms with Crippen molar-refractivity contribution in [3.05, 3.63) is 60.2 Å². The molecule has 6 heteroatoms. The van der Waals surface area contributed by atoms with E-state index in [0.717, 1.165) is 60.5 Å². The number of piperidine rings is 3. The smallest absolute Gasteiger partial charge is 0.119 e. The molecule has 4 aliphatic rings. The number of rotatable bonds is 11.